The maximum Gasteiger partial charge on any atom is 0.115 e. The molecule has 21 heavy (non-hydrogen) atoms. The SMILES string of the molecule is CCNC(c1cccc(COC)c1)c1nc(CC)c(C)s1. The number of nitrogens with one attached hydrogen (secondary N) is 1. The summed E-state index contributed by atoms with van der Waals surface area (Å²) in [6.45, 7) is 8.01. The van der Waals surface area contributed by atoms with Crippen LogP contribution in [-0.2, 0) is 17.8 Å². The molecule has 0 aliphatic heterocycles. The van der Waals surface area contributed by atoms with Gasteiger partial charge >= 0.3 is 0 Å². The van der Waals surface area contributed by atoms with Gasteiger partial charge in [-0.1, -0.05) is 38.1 Å². The first-order valence-electron chi connectivity index (χ1n) is 7.46. The van der Waals surface area contributed by atoms with Crippen molar-refractivity contribution in [2.75, 3.05) is 13.7 Å². The zero-order valence-electron chi connectivity index (χ0n) is 13.3. The first-order valence-corrected chi connectivity index (χ1v) is 8.28. The monoisotopic (exact) mass is 304 g/mol. The minimum atomic E-state index is 0.163. The van der Waals surface area contributed by atoms with Gasteiger partial charge in [0.2, 0.25) is 0 Å². The molecule has 0 aliphatic rings. The van der Waals surface area contributed by atoms with Crippen LogP contribution in [0.15, 0.2) is 24.3 Å². The van der Waals surface area contributed by atoms with Crippen LogP contribution in [0, 0.1) is 6.92 Å². The van der Waals surface area contributed by atoms with Gasteiger partial charge in [0, 0.05) is 12.0 Å². The fourth-order valence-corrected chi connectivity index (χ4v) is 3.60. The lowest BCUT2D eigenvalue weighted by molar-refractivity contribution is 0.185. The Labute approximate surface area is 131 Å². The van der Waals surface area contributed by atoms with E-state index in [2.05, 4.69) is 50.4 Å². The molecule has 1 heterocycles. The summed E-state index contributed by atoms with van der Waals surface area (Å²) in [5.41, 5.74) is 3.66. The zero-order chi connectivity index (χ0) is 15.2. The van der Waals surface area contributed by atoms with Gasteiger partial charge in [0.15, 0.2) is 0 Å². The molecule has 1 N–H and O–H groups in total. The number of ether oxygens (including phenoxy) is 1. The van der Waals surface area contributed by atoms with Crippen LogP contribution in [0.5, 0.6) is 0 Å². The zero-order valence-corrected chi connectivity index (χ0v) is 14.1. The molecule has 4 heteroatoms. The topological polar surface area (TPSA) is 34.1 Å². The Hall–Kier alpha value is -1.23. The van der Waals surface area contributed by atoms with Gasteiger partial charge in [-0.05, 0) is 31.0 Å². The number of nitrogens with zero attached hydrogens (tertiary/aromatic N) is 1. The number of benzene rings is 1. The molecule has 3 nitrogen and oxygen atoms in total. The molecule has 0 saturated carbocycles. The van der Waals surface area contributed by atoms with E-state index < -0.39 is 0 Å². The Morgan fingerprint density at radius 1 is 1.33 bits per heavy atom. The summed E-state index contributed by atoms with van der Waals surface area (Å²) in [7, 11) is 1.73. The van der Waals surface area contributed by atoms with Crippen molar-refractivity contribution in [3.05, 3.63) is 51.0 Å². The molecule has 1 unspecified atom stereocenters. The van der Waals surface area contributed by atoms with Crippen LogP contribution in [0.25, 0.3) is 0 Å². The Bertz CT molecular complexity index is 580. The molecule has 2 rings (SSSR count). The van der Waals surface area contributed by atoms with Crippen LogP contribution in [0.1, 0.15) is 46.6 Å². The number of aromatic nitrogens is 1. The van der Waals surface area contributed by atoms with Gasteiger partial charge in [-0.25, -0.2) is 4.98 Å². The third-order valence-corrected chi connectivity index (χ3v) is 4.57. The number of rotatable bonds is 7. The maximum atomic E-state index is 5.24. The second-order valence-electron chi connectivity index (χ2n) is 5.08. The van der Waals surface area contributed by atoms with Crippen molar-refractivity contribution in [3.8, 4) is 0 Å². The predicted molar refractivity (Wildman–Crippen MR) is 88.9 cm³/mol. The van der Waals surface area contributed by atoms with Gasteiger partial charge in [-0.15, -0.1) is 11.3 Å². The average Bonchev–Trinajstić information content (AvgIpc) is 2.86. The van der Waals surface area contributed by atoms with E-state index in [1.807, 2.05) is 0 Å². The van der Waals surface area contributed by atoms with E-state index >= 15 is 0 Å². The molecule has 0 radical (unpaired) electrons. The van der Waals surface area contributed by atoms with Crippen molar-refractivity contribution in [1.29, 1.82) is 0 Å². The lowest BCUT2D eigenvalue weighted by Crippen LogP contribution is -2.22. The molecule has 1 aromatic heterocycles. The van der Waals surface area contributed by atoms with Crippen molar-refractivity contribution in [2.45, 2.75) is 39.8 Å². The lowest BCUT2D eigenvalue weighted by atomic mass is 10.0. The van der Waals surface area contributed by atoms with Crippen LogP contribution < -0.4 is 5.32 Å². The molecular weight excluding hydrogens is 280 g/mol. The van der Waals surface area contributed by atoms with Crippen molar-refractivity contribution >= 4 is 11.3 Å². The first-order chi connectivity index (χ1) is 10.2. The van der Waals surface area contributed by atoms with E-state index in [0.29, 0.717) is 6.61 Å². The van der Waals surface area contributed by atoms with Gasteiger partial charge in [0.25, 0.3) is 0 Å². The minimum absolute atomic E-state index is 0.163. The number of hydrogen-bond acceptors (Lipinski definition) is 4. The summed E-state index contributed by atoms with van der Waals surface area (Å²) in [6.07, 6.45) is 0.991. The van der Waals surface area contributed by atoms with E-state index in [1.165, 1.54) is 21.7 Å². The summed E-state index contributed by atoms with van der Waals surface area (Å²) in [4.78, 5) is 6.15. The van der Waals surface area contributed by atoms with Crippen LogP contribution in [0.4, 0.5) is 0 Å². The third-order valence-electron chi connectivity index (χ3n) is 3.49. The molecule has 0 fully saturated rings. The smallest absolute Gasteiger partial charge is 0.115 e. The van der Waals surface area contributed by atoms with E-state index in [-0.39, 0.29) is 6.04 Å². The molecular formula is C17H24N2OS. The highest BCUT2D eigenvalue weighted by Gasteiger charge is 2.18. The Morgan fingerprint density at radius 3 is 2.76 bits per heavy atom. The van der Waals surface area contributed by atoms with Crippen molar-refractivity contribution in [3.63, 3.8) is 0 Å². The molecule has 0 saturated heterocycles. The minimum Gasteiger partial charge on any atom is -0.380 e. The quantitative estimate of drug-likeness (QED) is 0.843. The molecule has 114 valence electrons. The summed E-state index contributed by atoms with van der Waals surface area (Å²) in [5, 5.41) is 4.71. The maximum absolute atomic E-state index is 5.24. The number of methoxy groups -OCH3 is 1. The highest BCUT2D eigenvalue weighted by molar-refractivity contribution is 7.11. The van der Waals surface area contributed by atoms with Crippen LogP contribution in [-0.4, -0.2) is 18.6 Å². The van der Waals surface area contributed by atoms with Crippen LogP contribution >= 0.6 is 11.3 Å². The normalized spacial score (nSPS) is 12.6. The second kappa shape index (κ2) is 7.69. The standard InChI is InChI=1S/C17H24N2OS/c1-5-15-12(3)21-17(19-15)16(18-6-2)14-9-7-8-13(10-14)11-20-4/h7-10,16,18H,5-6,11H2,1-4H3. The van der Waals surface area contributed by atoms with Gasteiger partial charge in [-0.3, -0.25) is 0 Å². The molecule has 1 aromatic carbocycles. The van der Waals surface area contributed by atoms with Crippen LogP contribution in [0.2, 0.25) is 0 Å². The fourth-order valence-electron chi connectivity index (χ4n) is 2.48. The predicted octanol–water partition coefficient (Wildman–Crippen LogP) is 3.86. The summed E-state index contributed by atoms with van der Waals surface area (Å²) in [5.74, 6) is 0. The highest BCUT2D eigenvalue weighted by Crippen LogP contribution is 2.29. The Balaban J connectivity index is 2.35. The molecule has 1 atom stereocenters. The molecule has 0 amide bonds. The van der Waals surface area contributed by atoms with Crippen molar-refractivity contribution < 1.29 is 4.74 Å². The Morgan fingerprint density at radius 2 is 2.14 bits per heavy atom. The van der Waals surface area contributed by atoms with Gasteiger partial charge in [0.05, 0.1) is 18.3 Å². The van der Waals surface area contributed by atoms with Gasteiger partial charge in [-0.2, -0.15) is 0 Å². The van der Waals surface area contributed by atoms with Gasteiger partial charge < -0.3 is 10.1 Å². The second-order valence-corrected chi connectivity index (χ2v) is 6.31. The summed E-state index contributed by atoms with van der Waals surface area (Å²) < 4.78 is 5.24. The van der Waals surface area contributed by atoms with E-state index in [4.69, 9.17) is 9.72 Å². The largest absolute Gasteiger partial charge is 0.380 e. The molecule has 0 bridgehead atoms. The molecule has 0 spiro atoms. The van der Waals surface area contributed by atoms with Crippen molar-refractivity contribution in [2.24, 2.45) is 0 Å². The average molecular weight is 304 g/mol. The lowest BCUT2D eigenvalue weighted by Gasteiger charge is -2.17. The van der Waals surface area contributed by atoms with Crippen molar-refractivity contribution in [1.82, 2.24) is 10.3 Å². The number of hydrogen-bond donors (Lipinski definition) is 1. The van der Waals surface area contributed by atoms with E-state index in [1.54, 1.807) is 18.4 Å². The number of aryl methyl sites for hydroxylation is 2. The first kappa shape index (κ1) is 16.1. The van der Waals surface area contributed by atoms with E-state index in [0.717, 1.165) is 18.0 Å². The van der Waals surface area contributed by atoms with E-state index in [9.17, 15) is 0 Å². The highest BCUT2D eigenvalue weighted by atomic mass is 32.1. The summed E-state index contributed by atoms with van der Waals surface area (Å²) >= 11 is 1.80. The summed E-state index contributed by atoms with van der Waals surface area (Å²) in [6, 6.07) is 8.72. The molecule has 0 aliphatic carbocycles. The van der Waals surface area contributed by atoms with Gasteiger partial charge in [0.1, 0.15) is 5.01 Å². The number of thiazole rings is 1. The fraction of sp³-hybridized carbons (Fsp3) is 0.471. The van der Waals surface area contributed by atoms with Crippen LogP contribution in [0.3, 0.4) is 0 Å². The molecule has 2 aromatic rings. The Kier molecular flexibility index (Phi) is 5.91. The third kappa shape index (κ3) is 3.90.